The molecule has 0 spiro atoms. The van der Waals surface area contributed by atoms with E-state index in [0.29, 0.717) is 23.6 Å². The van der Waals surface area contributed by atoms with Crippen LogP contribution in [0, 0.1) is 3.57 Å². The van der Waals surface area contributed by atoms with E-state index in [1.807, 2.05) is 17.0 Å². The van der Waals surface area contributed by atoms with Crippen molar-refractivity contribution < 1.29 is 14.3 Å². The number of anilines is 1. The van der Waals surface area contributed by atoms with Gasteiger partial charge in [0.2, 0.25) is 0 Å². The molecule has 4 nitrogen and oxygen atoms in total. The summed E-state index contributed by atoms with van der Waals surface area (Å²) in [7, 11) is 3.15. The van der Waals surface area contributed by atoms with Crippen molar-refractivity contribution in [1.29, 1.82) is 0 Å². The van der Waals surface area contributed by atoms with Crippen LogP contribution in [-0.4, -0.2) is 26.7 Å². The SMILES string of the molecule is COc1ccc(C(=O)N2CCc3cccc(I)c32)cc1OC. The fourth-order valence-corrected chi connectivity index (χ4v) is 3.58. The van der Waals surface area contributed by atoms with E-state index in [2.05, 4.69) is 28.7 Å². The van der Waals surface area contributed by atoms with Crippen molar-refractivity contribution in [2.24, 2.45) is 0 Å². The van der Waals surface area contributed by atoms with Crippen molar-refractivity contribution in [3.63, 3.8) is 0 Å². The topological polar surface area (TPSA) is 38.8 Å². The van der Waals surface area contributed by atoms with E-state index in [4.69, 9.17) is 9.47 Å². The summed E-state index contributed by atoms with van der Waals surface area (Å²) in [4.78, 5) is 14.7. The minimum Gasteiger partial charge on any atom is -0.493 e. The molecule has 0 N–H and O–H groups in total. The Morgan fingerprint density at radius 3 is 2.64 bits per heavy atom. The molecule has 0 bridgehead atoms. The Labute approximate surface area is 143 Å². The molecular formula is C17H16INO3. The summed E-state index contributed by atoms with van der Waals surface area (Å²) in [6.07, 6.45) is 0.894. The molecule has 0 radical (unpaired) electrons. The second-order valence-corrected chi connectivity index (χ2v) is 6.19. The summed E-state index contributed by atoms with van der Waals surface area (Å²) in [6.45, 7) is 0.711. The number of rotatable bonds is 3. The third-order valence-electron chi connectivity index (χ3n) is 3.82. The van der Waals surface area contributed by atoms with Gasteiger partial charge < -0.3 is 14.4 Å². The Morgan fingerprint density at radius 2 is 1.91 bits per heavy atom. The summed E-state index contributed by atoms with van der Waals surface area (Å²) >= 11 is 2.28. The highest BCUT2D eigenvalue weighted by atomic mass is 127. The fraction of sp³-hybridized carbons (Fsp3) is 0.235. The number of hydrogen-bond acceptors (Lipinski definition) is 3. The minimum absolute atomic E-state index is 0.0104. The number of hydrogen-bond donors (Lipinski definition) is 0. The first-order valence-electron chi connectivity index (χ1n) is 6.97. The van der Waals surface area contributed by atoms with Crippen LogP contribution in [0.1, 0.15) is 15.9 Å². The van der Waals surface area contributed by atoms with Gasteiger partial charge in [-0.05, 0) is 58.8 Å². The Bertz CT molecular complexity index is 730. The number of fused-ring (bicyclic) bond motifs is 1. The van der Waals surface area contributed by atoms with Crippen LogP contribution >= 0.6 is 22.6 Å². The first kappa shape index (κ1) is 15.1. The molecule has 114 valence electrons. The van der Waals surface area contributed by atoms with Gasteiger partial charge in [0.15, 0.2) is 11.5 Å². The number of benzene rings is 2. The Morgan fingerprint density at radius 1 is 1.14 bits per heavy atom. The molecule has 1 amide bonds. The van der Waals surface area contributed by atoms with E-state index in [0.717, 1.165) is 15.7 Å². The largest absolute Gasteiger partial charge is 0.493 e. The number of methoxy groups -OCH3 is 2. The Hall–Kier alpha value is -1.76. The first-order chi connectivity index (χ1) is 10.7. The second-order valence-electron chi connectivity index (χ2n) is 5.02. The van der Waals surface area contributed by atoms with Gasteiger partial charge in [0.1, 0.15) is 0 Å². The van der Waals surface area contributed by atoms with Gasteiger partial charge in [-0.1, -0.05) is 12.1 Å². The maximum Gasteiger partial charge on any atom is 0.258 e. The van der Waals surface area contributed by atoms with Crippen molar-refractivity contribution in [3.05, 3.63) is 51.1 Å². The van der Waals surface area contributed by atoms with Crippen molar-refractivity contribution in [2.45, 2.75) is 6.42 Å². The molecule has 2 aromatic carbocycles. The van der Waals surface area contributed by atoms with Gasteiger partial charge in [-0.2, -0.15) is 0 Å². The van der Waals surface area contributed by atoms with Gasteiger partial charge in [0.25, 0.3) is 5.91 Å². The van der Waals surface area contributed by atoms with Crippen molar-refractivity contribution in [3.8, 4) is 11.5 Å². The lowest BCUT2D eigenvalue weighted by Crippen LogP contribution is -2.29. The lowest BCUT2D eigenvalue weighted by atomic mass is 10.1. The molecule has 0 aromatic heterocycles. The summed E-state index contributed by atoms with van der Waals surface area (Å²) in [6, 6.07) is 11.4. The van der Waals surface area contributed by atoms with Gasteiger partial charge in [-0.15, -0.1) is 0 Å². The Kier molecular flexibility index (Phi) is 4.24. The maximum atomic E-state index is 12.9. The normalized spacial score (nSPS) is 13.0. The molecule has 3 rings (SSSR count). The number of nitrogens with zero attached hydrogens (tertiary/aromatic N) is 1. The number of amides is 1. The van der Waals surface area contributed by atoms with E-state index >= 15 is 0 Å². The fourth-order valence-electron chi connectivity index (χ4n) is 2.74. The zero-order valence-corrected chi connectivity index (χ0v) is 14.6. The summed E-state index contributed by atoms with van der Waals surface area (Å²) < 4.78 is 11.6. The predicted molar refractivity (Wildman–Crippen MR) is 94.1 cm³/mol. The molecular weight excluding hydrogens is 393 g/mol. The zero-order valence-electron chi connectivity index (χ0n) is 12.4. The monoisotopic (exact) mass is 409 g/mol. The maximum absolute atomic E-state index is 12.9. The molecule has 1 heterocycles. The van der Waals surface area contributed by atoms with Crippen LogP contribution in [0.5, 0.6) is 11.5 Å². The molecule has 0 saturated carbocycles. The number of ether oxygens (including phenoxy) is 2. The average Bonchev–Trinajstić information content (AvgIpc) is 2.99. The van der Waals surface area contributed by atoms with Crippen molar-refractivity contribution in [1.82, 2.24) is 0 Å². The van der Waals surface area contributed by atoms with E-state index in [9.17, 15) is 4.79 Å². The Balaban J connectivity index is 1.97. The van der Waals surface area contributed by atoms with Crippen LogP contribution in [-0.2, 0) is 6.42 Å². The predicted octanol–water partition coefficient (Wildman–Crippen LogP) is 3.51. The third-order valence-corrected chi connectivity index (χ3v) is 4.69. The highest BCUT2D eigenvalue weighted by Crippen LogP contribution is 2.35. The second kappa shape index (κ2) is 6.16. The number of para-hydroxylation sites is 1. The lowest BCUT2D eigenvalue weighted by molar-refractivity contribution is 0.0989. The molecule has 0 aliphatic carbocycles. The highest BCUT2D eigenvalue weighted by molar-refractivity contribution is 14.1. The smallest absolute Gasteiger partial charge is 0.258 e. The van der Waals surface area contributed by atoms with Gasteiger partial charge in [-0.25, -0.2) is 0 Å². The van der Waals surface area contributed by atoms with Crippen LogP contribution in [0.15, 0.2) is 36.4 Å². The van der Waals surface area contributed by atoms with Crippen LogP contribution < -0.4 is 14.4 Å². The number of carbonyl (C=O) groups is 1. The molecule has 2 aromatic rings. The number of carbonyl (C=O) groups excluding carboxylic acids is 1. The highest BCUT2D eigenvalue weighted by Gasteiger charge is 2.27. The van der Waals surface area contributed by atoms with Crippen LogP contribution in [0.25, 0.3) is 0 Å². The summed E-state index contributed by atoms with van der Waals surface area (Å²) in [5.41, 5.74) is 2.86. The minimum atomic E-state index is -0.0104. The summed E-state index contributed by atoms with van der Waals surface area (Å²) in [5.74, 6) is 1.18. The lowest BCUT2D eigenvalue weighted by Gasteiger charge is -2.19. The van der Waals surface area contributed by atoms with Crippen LogP contribution in [0.4, 0.5) is 5.69 Å². The van der Waals surface area contributed by atoms with Gasteiger partial charge in [0.05, 0.1) is 19.9 Å². The average molecular weight is 409 g/mol. The van der Waals surface area contributed by atoms with Gasteiger partial charge >= 0.3 is 0 Å². The molecule has 0 fully saturated rings. The molecule has 5 heteroatoms. The van der Waals surface area contributed by atoms with E-state index in [1.54, 1.807) is 32.4 Å². The first-order valence-corrected chi connectivity index (χ1v) is 8.05. The van der Waals surface area contributed by atoms with E-state index < -0.39 is 0 Å². The third kappa shape index (κ3) is 2.54. The van der Waals surface area contributed by atoms with E-state index in [1.165, 1.54) is 5.56 Å². The molecule has 22 heavy (non-hydrogen) atoms. The van der Waals surface area contributed by atoms with Crippen LogP contribution in [0.3, 0.4) is 0 Å². The quantitative estimate of drug-likeness (QED) is 0.729. The van der Waals surface area contributed by atoms with Crippen molar-refractivity contribution >= 4 is 34.2 Å². The standard InChI is InChI=1S/C17H16INO3/c1-21-14-7-6-12(10-15(14)22-2)17(20)19-9-8-11-4-3-5-13(18)16(11)19/h3-7,10H,8-9H2,1-2H3. The van der Waals surface area contributed by atoms with Gasteiger partial charge in [0, 0.05) is 15.7 Å². The molecule has 0 unspecified atom stereocenters. The van der Waals surface area contributed by atoms with Crippen LogP contribution in [0.2, 0.25) is 0 Å². The molecule has 0 saturated heterocycles. The van der Waals surface area contributed by atoms with Gasteiger partial charge in [-0.3, -0.25) is 4.79 Å². The molecule has 0 atom stereocenters. The van der Waals surface area contributed by atoms with Crippen molar-refractivity contribution in [2.75, 3.05) is 25.7 Å². The molecule has 1 aliphatic rings. The van der Waals surface area contributed by atoms with E-state index in [-0.39, 0.29) is 5.91 Å². The summed E-state index contributed by atoms with van der Waals surface area (Å²) in [5, 5.41) is 0. The number of halogens is 1. The zero-order chi connectivity index (χ0) is 15.7. The molecule has 1 aliphatic heterocycles.